The number of carbonyl (C=O) groups is 2. The van der Waals surface area contributed by atoms with E-state index in [1.54, 1.807) is 19.1 Å². The summed E-state index contributed by atoms with van der Waals surface area (Å²) in [6, 6.07) is 7.00. The Hall–Kier alpha value is -2.04. The number of ether oxygens (including phenoxy) is 1. The van der Waals surface area contributed by atoms with Crippen LogP contribution in [-0.2, 0) is 14.3 Å². The monoisotopic (exact) mass is 248 g/mol. The van der Waals surface area contributed by atoms with Crippen molar-refractivity contribution in [3.63, 3.8) is 0 Å². The van der Waals surface area contributed by atoms with E-state index < -0.39 is 0 Å². The Morgan fingerprint density at radius 3 is 2.56 bits per heavy atom. The second-order valence-corrected chi connectivity index (χ2v) is 4.13. The predicted octanol–water partition coefficient (Wildman–Crippen LogP) is 1.76. The lowest BCUT2D eigenvalue weighted by atomic mass is 10.2. The fourth-order valence-corrected chi connectivity index (χ4v) is 1.73. The van der Waals surface area contributed by atoms with Crippen molar-refractivity contribution in [3.05, 3.63) is 24.3 Å². The van der Waals surface area contributed by atoms with E-state index in [9.17, 15) is 9.59 Å². The maximum atomic E-state index is 11.3. The molecule has 5 heteroatoms. The van der Waals surface area contributed by atoms with E-state index in [1.165, 1.54) is 0 Å². The number of esters is 1. The lowest BCUT2D eigenvalue weighted by Crippen LogP contribution is -2.24. The van der Waals surface area contributed by atoms with Crippen molar-refractivity contribution >= 4 is 23.3 Å². The molecule has 1 aliphatic heterocycles. The summed E-state index contributed by atoms with van der Waals surface area (Å²) in [4.78, 5) is 22.5. The van der Waals surface area contributed by atoms with Gasteiger partial charge in [-0.3, -0.25) is 4.79 Å². The molecule has 1 atom stereocenters. The van der Waals surface area contributed by atoms with Crippen LogP contribution in [0.1, 0.15) is 19.8 Å². The van der Waals surface area contributed by atoms with E-state index >= 15 is 0 Å². The highest BCUT2D eigenvalue weighted by Crippen LogP contribution is 2.17. The van der Waals surface area contributed by atoms with Gasteiger partial charge in [0.1, 0.15) is 6.04 Å². The molecule has 1 saturated heterocycles. The van der Waals surface area contributed by atoms with Gasteiger partial charge in [-0.05, 0) is 24.3 Å². The van der Waals surface area contributed by atoms with E-state index in [4.69, 9.17) is 4.74 Å². The Kier molecular flexibility index (Phi) is 3.82. The lowest BCUT2D eigenvalue weighted by molar-refractivity contribution is -0.138. The molecule has 1 heterocycles. The Balaban J connectivity index is 1.95. The molecule has 1 fully saturated rings. The van der Waals surface area contributed by atoms with Crippen LogP contribution in [0.15, 0.2) is 24.3 Å². The highest BCUT2D eigenvalue weighted by Gasteiger charge is 2.25. The minimum atomic E-state index is -0.263. The van der Waals surface area contributed by atoms with Crippen LogP contribution >= 0.6 is 0 Å². The SMILES string of the molecule is CCC(=O)Nc1ccc(NC2CCOC2=O)cc1. The first-order chi connectivity index (χ1) is 8.69. The Morgan fingerprint density at radius 2 is 2.00 bits per heavy atom. The molecular weight excluding hydrogens is 232 g/mol. The third-order valence-electron chi connectivity index (χ3n) is 2.77. The maximum absolute atomic E-state index is 11.3. The molecule has 2 N–H and O–H groups in total. The molecule has 1 aliphatic rings. The fourth-order valence-electron chi connectivity index (χ4n) is 1.73. The number of amides is 1. The van der Waals surface area contributed by atoms with Gasteiger partial charge in [0.25, 0.3) is 0 Å². The smallest absolute Gasteiger partial charge is 0.328 e. The fraction of sp³-hybridized carbons (Fsp3) is 0.385. The van der Waals surface area contributed by atoms with E-state index in [-0.39, 0.29) is 17.9 Å². The zero-order valence-electron chi connectivity index (χ0n) is 10.2. The van der Waals surface area contributed by atoms with Gasteiger partial charge in [-0.2, -0.15) is 0 Å². The van der Waals surface area contributed by atoms with Crippen LogP contribution < -0.4 is 10.6 Å². The highest BCUT2D eigenvalue weighted by molar-refractivity contribution is 5.90. The van der Waals surface area contributed by atoms with Crippen LogP contribution in [0.5, 0.6) is 0 Å². The van der Waals surface area contributed by atoms with Crippen LogP contribution in [0.4, 0.5) is 11.4 Å². The topological polar surface area (TPSA) is 67.4 Å². The summed E-state index contributed by atoms with van der Waals surface area (Å²) in [6.45, 7) is 2.28. The molecule has 0 bridgehead atoms. The third-order valence-corrected chi connectivity index (χ3v) is 2.77. The molecule has 0 saturated carbocycles. The third kappa shape index (κ3) is 3.00. The summed E-state index contributed by atoms with van der Waals surface area (Å²) in [5.41, 5.74) is 1.59. The molecule has 2 rings (SSSR count). The summed E-state index contributed by atoms with van der Waals surface area (Å²) >= 11 is 0. The van der Waals surface area contributed by atoms with Gasteiger partial charge >= 0.3 is 5.97 Å². The van der Waals surface area contributed by atoms with E-state index in [1.807, 2.05) is 12.1 Å². The minimum Gasteiger partial charge on any atom is -0.464 e. The first kappa shape index (κ1) is 12.4. The molecule has 1 aromatic carbocycles. The van der Waals surface area contributed by atoms with Crippen molar-refractivity contribution < 1.29 is 14.3 Å². The van der Waals surface area contributed by atoms with Crippen molar-refractivity contribution in [1.29, 1.82) is 0 Å². The van der Waals surface area contributed by atoms with Gasteiger partial charge < -0.3 is 15.4 Å². The molecule has 0 aliphatic carbocycles. The molecule has 96 valence electrons. The second-order valence-electron chi connectivity index (χ2n) is 4.13. The van der Waals surface area contributed by atoms with Gasteiger partial charge in [0.15, 0.2) is 0 Å². The average Bonchev–Trinajstić information content (AvgIpc) is 2.77. The highest BCUT2D eigenvalue weighted by atomic mass is 16.5. The number of nitrogens with one attached hydrogen (secondary N) is 2. The number of hydrogen-bond acceptors (Lipinski definition) is 4. The summed E-state index contributed by atoms with van der Waals surface area (Å²) in [6.07, 6.45) is 1.14. The molecule has 1 amide bonds. The van der Waals surface area contributed by atoms with Gasteiger partial charge in [-0.25, -0.2) is 4.79 Å². The summed E-state index contributed by atoms with van der Waals surface area (Å²) in [5.74, 6) is -0.228. The quantitative estimate of drug-likeness (QED) is 0.797. The van der Waals surface area contributed by atoms with Gasteiger partial charge in [0.05, 0.1) is 6.61 Å². The van der Waals surface area contributed by atoms with Gasteiger partial charge in [0, 0.05) is 24.2 Å². The Bertz CT molecular complexity index is 442. The van der Waals surface area contributed by atoms with Crippen LogP contribution in [0.2, 0.25) is 0 Å². The van der Waals surface area contributed by atoms with Gasteiger partial charge in [0.2, 0.25) is 5.91 Å². The molecule has 18 heavy (non-hydrogen) atoms. The van der Waals surface area contributed by atoms with Crippen molar-refractivity contribution in [3.8, 4) is 0 Å². The average molecular weight is 248 g/mol. The van der Waals surface area contributed by atoms with Crippen molar-refractivity contribution in [2.75, 3.05) is 17.2 Å². The molecule has 0 aromatic heterocycles. The number of cyclic esters (lactones) is 1. The van der Waals surface area contributed by atoms with E-state index in [2.05, 4.69) is 10.6 Å². The molecule has 1 aromatic rings. The first-order valence-corrected chi connectivity index (χ1v) is 6.02. The Morgan fingerprint density at radius 1 is 1.33 bits per heavy atom. The molecule has 0 radical (unpaired) electrons. The van der Waals surface area contributed by atoms with Crippen LogP contribution in [0, 0.1) is 0 Å². The summed E-state index contributed by atoms with van der Waals surface area (Å²) in [5, 5.41) is 5.86. The van der Waals surface area contributed by atoms with E-state index in [0.717, 1.165) is 11.4 Å². The van der Waals surface area contributed by atoms with Crippen molar-refractivity contribution in [2.24, 2.45) is 0 Å². The number of benzene rings is 1. The second kappa shape index (κ2) is 5.53. The Labute approximate surface area is 106 Å². The molecule has 5 nitrogen and oxygen atoms in total. The summed E-state index contributed by atoms with van der Waals surface area (Å²) < 4.78 is 4.87. The minimum absolute atomic E-state index is 0.0184. The first-order valence-electron chi connectivity index (χ1n) is 6.02. The van der Waals surface area contributed by atoms with E-state index in [0.29, 0.717) is 19.4 Å². The lowest BCUT2D eigenvalue weighted by Gasteiger charge is -2.11. The standard InChI is InChI=1S/C13H16N2O3/c1-2-12(16)15-10-5-3-9(4-6-10)14-11-7-8-18-13(11)17/h3-6,11,14H,2,7-8H2,1H3,(H,15,16). The zero-order chi connectivity index (χ0) is 13.0. The van der Waals surface area contributed by atoms with Gasteiger partial charge in [-0.1, -0.05) is 6.92 Å². The zero-order valence-corrected chi connectivity index (χ0v) is 10.2. The summed E-state index contributed by atoms with van der Waals surface area (Å²) in [7, 11) is 0. The van der Waals surface area contributed by atoms with Crippen LogP contribution in [0.3, 0.4) is 0 Å². The predicted molar refractivity (Wildman–Crippen MR) is 68.3 cm³/mol. The number of carbonyl (C=O) groups excluding carboxylic acids is 2. The normalized spacial score (nSPS) is 18.3. The van der Waals surface area contributed by atoms with Crippen LogP contribution in [0.25, 0.3) is 0 Å². The maximum Gasteiger partial charge on any atom is 0.328 e. The number of hydrogen-bond donors (Lipinski definition) is 2. The van der Waals surface area contributed by atoms with Crippen LogP contribution in [-0.4, -0.2) is 24.5 Å². The molecule has 0 spiro atoms. The van der Waals surface area contributed by atoms with Gasteiger partial charge in [-0.15, -0.1) is 0 Å². The number of rotatable bonds is 4. The number of anilines is 2. The molecular formula is C13H16N2O3. The van der Waals surface area contributed by atoms with Crippen molar-refractivity contribution in [2.45, 2.75) is 25.8 Å². The molecule has 1 unspecified atom stereocenters. The van der Waals surface area contributed by atoms with Crippen molar-refractivity contribution in [1.82, 2.24) is 0 Å². The largest absolute Gasteiger partial charge is 0.464 e.